The highest BCUT2D eigenvalue weighted by Crippen LogP contribution is 2.38. The summed E-state index contributed by atoms with van der Waals surface area (Å²) in [7, 11) is 0. The minimum atomic E-state index is -0.312. The van der Waals surface area contributed by atoms with Gasteiger partial charge in [0, 0.05) is 4.11 Å². The lowest BCUT2D eigenvalue weighted by molar-refractivity contribution is 0.201. The summed E-state index contributed by atoms with van der Waals surface area (Å²) in [6.07, 6.45) is 37.3. The Hall–Kier alpha value is 0. The van der Waals surface area contributed by atoms with Gasteiger partial charge in [0.1, 0.15) is 0 Å². The van der Waals surface area contributed by atoms with Crippen LogP contribution in [-0.4, -0.2) is 0 Å². The number of hydrogen-bond acceptors (Lipinski definition) is 0. The van der Waals surface area contributed by atoms with Crippen molar-refractivity contribution in [1.29, 1.82) is 0 Å². The van der Waals surface area contributed by atoms with E-state index in [1.165, 1.54) is 167 Å². The lowest BCUT2D eigenvalue weighted by Gasteiger charge is -2.32. The van der Waals surface area contributed by atoms with Gasteiger partial charge in [0.15, 0.2) is 0 Å². The van der Waals surface area contributed by atoms with Gasteiger partial charge in [0.2, 0.25) is 0 Å². The molecule has 0 saturated heterocycles. The Labute approximate surface area is 444 Å². The standard InChI is InChI=1S/C9H18.3C8H16.C7H14.C7H16.2C6H14.C5H12.2C2H6/c1-8-4-6-9(2,3)7-5-8;1-8(2)6-4-3-5-7-8;1-7(2)8-5-3-4-6-8;1-2-8-6-4-3-5-7-8;1-7-5-3-2-4-6-7;1-6(2)7(3,4)5;1-5-6(2,3)4;1-5(2)6(3)4;1-4-5(2)3;2*1-2/h8H,4-7H2,1-3H3;3-7H2,1-2H3;7-8H,3-6H2,1-2H3;8H,2-7H2,1H3;7H,2-6H2,1H3;6H,1-5H3;5H2,1-4H3;5-6H,1-4H3;5H,4H2,1-3H3;2*1-2H3/i;;7D;;;6D;;5D;;;. The van der Waals surface area contributed by atoms with Crippen molar-refractivity contribution in [2.45, 2.75) is 368 Å². The molecule has 5 aliphatic carbocycles. The molecular weight excluding hydrogens is 817 g/mol. The van der Waals surface area contributed by atoms with Crippen molar-refractivity contribution in [2.75, 3.05) is 0 Å². The first-order chi connectivity index (χ1) is 32.3. The summed E-state index contributed by atoms with van der Waals surface area (Å²) in [4.78, 5) is 0. The fourth-order valence-corrected chi connectivity index (χ4v) is 7.46. The molecule has 0 aromatic heterocycles. The van der Waals surface area contributed by atoms with Crippen LogP contribution in [0.4, 0.5) is 0 Å². The number of hydrogen-bond donors (Lipinski definition) is 0. The lowest BCUT2D eigenvalue weighted by Crippen LogP contribution is -2.19. The fraction of sp³-hybridized carbons (Fsp3) is 1.00. The van der Waals surface area contributed by atoms with Gasteiger partial charge in [-0.05, 0) is 101 Å². The van der Waals surface area contributed by atoms with Crippen molar-refractivity contribution < 1.29 is 4.11 Å². The summed E-state index contributed by atoms with van der Waals surface area (Å²) < 4.78 is 22.7. The molecule has 5 aliphatic rings. The third kappa shape index (κ3) is 64.0. The molecule has 0 atom stereocenters. The second-order valence-electron chi connectivity index (χ2n) is 27.0. The molecule has 0 N–H and O–H groups in total. The van der Waals surface area contributed by atoms with Gasteiger partial charge in [0.25, 0.3) is 0 Å². The zero-order valence-corrected chi connectivity index (χ0v) is 54.3. The highest BCUT2D eigenvalue weighted by atomic mass is 14.3. The van der Waals surface area contributed by atoms with Gasteiger partial charge in [-0.25, -0.2) is 0 Å². The van der Waals surface area contributed by atoms with E-state index in [4.69, 9.17) is 4.11 Å². The van der Waals surface area contributed by atoms with E-state index in [1.54, 1.807) is 0 Å². The first-order valence-electron chi connectivity index (χ1n) is 32.3. The van der Waals surface area contributed by atoms with Crippen molar-refractivity contribution in [3.8, 4) is 0 Å². The van der Waals surface area contributed by atoms with Gasteiger partial charge >= 0.3 is 0 Å². The first-order valence-corrected chi connectivity index (χ1v) is 30.8. The SMILES string of the molecule is CC.CC.CC1(C)CCCCC1.CC1CCC(C)(C)CC1.CC1CCCCC1.CCC(C)(C)C.CCC(C)C.CCC1CCCCC1.[2H]C(C)(C)C(C)(C)C.[2H]C(C)(C)C(C)C.[2H]C(C)(C)C1CCCC1. The zero-order chi connectivity index (χ0) is 57.3. The van der Waals surface area contributed by atoms with Crippen LogP contribution in [0.3, 0.4) is 0 Å². The molecule has 0 heteroatoms. The van der Waals surface area contributed by atoms with Crippen LogP contribution in [0, 0.1) is 74.8 Å². The molecule has 0 aromatic rings. The summed E-state index contributed by atoms with van der Waals surface area (Å²) in [5.74, 6) is 4.42. The van der Waals surface area contributed by atoms with Crippen LogP contribution in [-0.2, 0) is 0 Å². The Morgan fingerprint density at radius 1 is 0.471 bits per heavy atom. The summed E-state index contributed by atoms with van der Waals surface area (Å²) in [5, 5.41) is 0. The molecule has 0 spiro atoms. The van der Waals surface area contributed by atoms with Gasteiger partial charge in [0.05, 0.1) is 0 Å². The van der Waals surface area contributed by atoms with E-state index in [1.807, 2.05) is 69.2 Å². The summed E-state index contributed by atoms with van der Waals surface area (Å²) in [5.41, 5.74) is 1.98. The van der Waals surface area contributed by atoms with Crippen LogP contribution in [0.15, 0.2) is 0 Å². The molecule has 0 aromatic carbocycles. The Kier molecular flexibility index (Phi) is 52.3. The van der Waals surface area contributed by atoms with Crippen LogP contribution >= 0.6 is 0 Å². The Balaban J connectivity index is -0.000000167. The van der Waals surface area contributed by atoms with Crippen molar-refractivity contribution in [3.05, 3.63) is 0 Å². The van der Waals surface area contributed by atoms with E-state index in [0.717, 1.165) is 23.7 Å². The molecule has 0 nitrogen and oxygen atoms in total. The predicted molar refractivity (Wildman–Crippen MR) is 326 cm³/mol. The van der Waals surface area contributed by atoms with Gasteiger partial charge in [-0.2, -0.15) is 0 Å². The second kappa shape index (κ2) is 49.2. The fourth-order valence-electron chi connectivity index (χ4n) is 7.46. The van der Waals surface area contributed by atoms with Gasteiger partial charge in [-0.3, -0.25) is 0 Å². The van der Waals surface area contributed by atoms with E-state index in [2.05, 4.69) is 132 Å². The highest BCUT2D eigenvalue weighted by Gasteiger charge is 2.24. The molecule has 0 amide bonds. The quantitative estimate of drug-likeness (QED) is 0.263. The van der Waals surface area contributed by atoms with Crippen LogP contribution < -0.4 is 0 Å². The summed E-state index contributed by atoms with van der Waals surface area (Å²) in [6.45, 7) is 62.3. The molecular formula is C68H148. The minimum absolute atomic E-state index is 0.104. The predicted octanol–water partition coefficient (Wildman–Crippen LogP) is 26.1. The topological polar surface area (TPSA) is 0 Å². The Morgan fingerprint density at radius 2 is 0.750 bits per heavy atom. The van der Waals surface area contributed by atoms with Crippen LogP contribution in [0.1, 0.15) is 372 Å². The van der Waals surface area contributed by atoms with Crippen molar-refractivity contribution in [3.63, 3.8) is 0 Å². The molecule has 5 rings (SSSR count). The van der Waals surface area contributed by atoms with Crippen molar-refractivity contribution >= 4 is 0 Å². The smallest absolute Gasteiger partial charge is 0.0302 e. The van der Waals surface area contributed by atoms with E-state index < -0.39 is 0 Å². The maximum absolute atomic E-state index is 7.73. The largest absolute Gasteiger partial charge is 0.0683 e. The van der Waals surface area contributed by atoms with E-state index >= 15 is 0 Å². The van der Waals surface area contributed by atoms with Gasteiger partial charge < -0.3 is 0 Å². The first kappa shape index (κ1) is 72.2. The van der Waals surface area contributed by atoms with E-state index in [-0.39, 0.29) is 23.1 Å². The summed E-state index contributed by atoms with van der Waals surface area (Å²) >= 11 is 0. The van der Waals surface area contributed by atoms with Crippen molar-refractivity contribution in [2.24, 2.45) is 74.8 Å². The van der Waals surface area contributed by atoms with Crippen molar-refractivity contribution in [1.82, 2.24) is 0 Å². The zero-order valence-electron chi connectivity index (χ0n) is 57.3. The Bertz CT molecular complexity index is 1020. The maximum Gasteiger partial charge on any atom is 0.0302 e. The second-order valence-corrected chi connectivity index (χ2v) is 27.0. The Morgan fingerprint density at radius 3 is 0.912 bits per heavy atom. The van der Waals surface area contributed by atoms with Gasteiger partial charge in [-0.15, -0.1) is 0 Å². The molecule has 0 unspecified atom stereocenters. The van der Waals surface area contributed by atoms with E-state index in [9.17, 15) is 0 Å². The average Bonchev–Trinajstić information content (AvgIpc) is 3.84. The molecule has 5 saturated carbocycles. The van der Waals surface area contributed by atoms with E-state index in [0.29, 0.717) is 28.1 Å². The molecule has 0 heterocycles. The van der Waals surface area contributed by atoms with Crippen LogP contribution in [0.25, 0.3) is 0 Å². The normalized spacial score (nSPS) is 20.4. The lowest BCUT2D eigenvalue weighted by atomic mass is 9.74. The highest BCUT2D eigenvalue weighted by molar-refractivity contribution is 4.76. The molecule has 0 aliphatic heterocycles. The molecule has 0 bridgehead atoms. The molecule has 420 valence electrons. The third-order valence-corrected chi connectivity index (χ3v) is 15.7. The molecule has 0 radical (unpaired) electrons. The van der Waals surface area contributed by atoms with Crippen LogP contribution in [0.2, 0.25) is 0 Å². The summed E-state index contributed by atoms with van der Waals surface area (Å²) in [6, 6.07) is 0. The van der Waals surface area contributed by atoms with Crippen LogP contribution in [0.5, 0.6) is 0 Å². The third-order valence-electron chi connectivity index (χ3n) is 15.7. The van der Waals surface area contributed by atoms with Gasteiger partial charge in [-0.1, -0.05) is 342 Å². The molecule has 5 fully saturated rings. The molecule has 68 heavy (non-hydrogen) atoms. The average molecular weight is 969 g/mol. The monoisotopic (exact) mass is 968 g/mol. The maximum atomic E-state index is 7.73. The minimum Gasteiger partial charge on any atom is -0.0683 e. The number of rotatable bonds is 4.